The summed E-state index contributed by atoms with van der Waals surface area (Å²) >= 11 is 0. The monoisotopic (exact) mass is 321 g/mol. The number of halogens is 1. The molecule has 3 atom stereocenters. The molecule has 1 aliphatic heterocycles. The number of benzene rings is 2. The maximum atomic E-state index is 14.4. The fourth-order valence-corrected chi connectivity index (χ4v) is 4.10. The molecule has 0 radical (unpaired) electrons. The molecular formula is C22H24FN. The van der Waals surface area contributed by atoms with Crippen LogP contribution >= 0.6 is 0 Å². The first-order chi connectivity index (χ1) is 11.4. The van der Waals surface area contributed by atoms with Gasteiger partial charge in [0.05, 0.1) is 11.7 Å². The Morgan fingerprint density at radius 1 is 1.04 bits per heavy atom. The minimum absolute atomic E-state index is 0.148. The zero-order valence-corrected chi connectivity index (χ0v) is 14.5. The summed E-state index contributed by atoms with van der Waals surface area (Å²) in [6.07, 6.45) is 5.53. The average Bonchev–Trinajstić information content (AvgIpc) is 3.04. The number of nitrogens with one attached hydrogen (secondary N) is 1. The van der Waals surface area contributed by atoms with Gasteiger partial charge in [0, 0.05) is 5.92 Å². The quantitative estimate of drug-likeness (QED) is 0.640. The molecule has 0 saturated carbocycles. The zero-order valence-electron chi connectivity index (χ0n) is 14.5. The van der Waals surface area contributed by atoms with E-state index in [0.717, 1.165) is 12.0 Å². The second kappa shape index (κ2) is 5.47. The summed E-state index contributed by atoms with van der Waals surface area (Å²) in [5.74, 6) is 0.617. The molecule has 0 saturated heterocycles. The van der Waals surface area contributed by atoms with Crippen LogP contribution in [0.1, 0.15) is 55.8 Å². The number of hydrogen-bond donors (Lipinski definition) is 1. The average molecular weight is 321 g/mol. The third-order valence-electron chi connectivity index (χ3n) is 5.48. The highest BCUT2D eigenvalue weighted by molar-refractivity contribution is 5.60. The number of rotatable bonds is 1. The van der Waals surface area contributed by atoms with E-state index in [1.54, 1.807) is 6.07 Å². The first-order valence-corrected chi connectivity index (χ1v) is 8.77. The van der Waals surface area contributed by atoms with E-state index < -0.39 is 0 Å². The lowest BCUT2D eigenvalue weighted by molar-refractivity contribution is 0.420. The first-order valence-electron chi connectivity index (χ1n) is 8.77. The molecule has 1 heterocycles. The lowest BCUT2D eigenvalue weighted by Gasteiger charge is -2.37. The van der Waals surface area contributed by atoms with Crippen molar-refractivity contribution in [1.29, 1.82) is 0 Å². The van der Waals surface area contributed by atoms with Gasteiger partial charge in [0.25, 0.3) is 0 Å². The van der Waals surface area contributed by atoms with Crippen molar-refractivity contribution in [3.8, 4) is 0 Å². The second-order valence-corrected chi connectivity index (χ2v) is 8.05. The fraction of sp³-hybridized carbons (Fsp3) is 0.364. The predicted molar refractivity (Wildman–Crippen MR) is 97.9 cm³/mol. The van der Waals surface area contributed by atoms with Crippen LogP contribution in [0, 0.1) is 11.7 Å². The van der Waals surface area contributed by atoms with Crippen LogP contribution in [0.4, 0.5) is 10.1 Å². The van der Waals surface area contributed by atoms with Gasteiger partial charge in [-0.2, -0.15) is 0 Å². The summed E-state index contributed by atoms with van der Waals surface area (Å²) in [4.78, 5) is 0. The van der Waals surface area contributed by atoms with Crippen molar-refractivity contribution >= 4 is 5.69 Å². The van der Waals surface area contributed by atoms with E-state index in [4.69, 9.17) is 0 Å². The maximum Gasteiger partial charge on any atom is 0.146 e. The standard InChI is InChI=1S/C22H24FN/c1-22(2,3)15-12-10-14(11-13-15)20-17-7-4-6-16(17)18-8-5-9-19(23)21(18)24-20/h4-6,8-13,16-17,20,24H,7H2,1-3H3/t16-,17-,20+/m1/s1. The lowest BCUT2D eigenvalue weighted by atomic mass is 9.76. The minimum atomic E-state index is -0.150. The fourth-order valence-electron chi connectivity index (χ4n) is 4.10. The van der Waals surface area contributed by atoms with Gasteiger partial charge in [-0.25, -0.2) is 4.39 Å². The van der Waals surface area contributed by atoms with E-state index in [0.29, 0.717) is 17.5 Å². The number of para-hydroxylation sites is 1. The molecule has 2 aromatic carbocycles. The third kappa shape index (κ3) is 2.45. The normalized spacial score (nSPS) is 25.1. The second-order valence-electron chi connectivity index (χ2n) is 8.05. The Morgan fingerprint density at radius 3 is 2.50 bits per heavy atom. The van der Waals surface area contributed by atoms with Gasteiger partial charge in [-0.1, -0.05) is 69.3 Å². The Kier molecular flexibility index (Phi) is 3.52. The minimum Gasteiger partial charge on any atom is -0.375 e. The Bertz CT molecular complexity index is 783. The van der Waals surface area contributed by atoms with E-state index in [1.165, 1.54) is 11.1 Å². The van der Waals surface area contributed by atoms with Crippen LogP contribution in [0.3, 0.4) is 0 Å². The van der Waals surface area contributed by atoms with Crippen LogP contribution in [0.15, 0.2) is 54.6 Å². The molecule has 0 bridgehead atoms. The molecular weight excluding hydrogens is 297 g/mol. The van der Waals surface area contributed by atoms with Crippen LogP contribution in [0.25, 0.3) is 0 Å². The van der Waals surface area contributed by atoms with E-state index in [1.807, 2.05) is 6.07 Å². The van der Waals surface area contributed by atoms with E-state index in [-0.39, 0.29) is 17.3 Å². The predicted octanol–water partition coefficient (Wildman–Crippen LogP) is 5.95. The Morgan fingerprint density at radius 2 is 1.79 bits per heavy atom. The topological polar surface area (TPSA) is 12.0 Å². The van der Waals surface area contributed by atoms with Crippen LogP contribution < -0.4 is 5.32 Å². The molecule has 24 heavy (non-hydrogen) atoms. The van der Waals surface area contributed by atoms with Gasteiger partial charge in [-0.05, 0) is 40.5 Å². The van der Waals surface area contributed by atoms with Crippen molar-refractivity contribution in [3.05, 3.63) is 77.1 Å². The number of fused-ring (bicyclic) bond motifs is 3. The summed E-state index contributed by atoms with van der Waals surface area (Å²) in [5, 5.41) is 3.50. The van der Waals surface area contributed by atoms with Gasteiger partial charge >= 0.3 is 0 Å². The van der Waals surface area contributed by atoms with Crippen molar-refractivity contribution in [2.45, 2.75) is 44.6 Å². The molecule has 0 spiro atoms. The highest BCUT2D eigenvalue weighted by Crippen LogP contribution is 2.50. The van der Waals surface area contributed by atoms with E-state index >= 15 is 0 Å². The molecule has 1 aliphatic carbocycles. The molecule has 124 valence electrons. The van der Waals surface area contributed by atoms with Gasteiger partial charge < -0.3 is 5.32 Å². The summed E-state index contributed by atoms with van der Waals surface area (Å²) in [6, 6.07) is 14.4. The molecule has 0 amide bonds. The molecule has 2 heteroatoms. The molecule has 1 N–H and O–H groups in total. The molecule has 1 nitrogen and oxygen atoms in total. The van der Waals surface area contributed by atoms with E-state index in [9.17, 15) is 4.39 Å². The van der Waals surface area contributed by atoms with Crippen LogP contribution in [0.2, 0.25) is 0 Å². The number of hydrogen-bond acceptors (Lipinski definition) is 1. The highest BCUT2D eigenvalue weighted by atomic mass is 19.1. The van der Waals surface area contributed by atoms with Crippen molar-refractivity contribution in [3.63, 3.8) is 0 Å². The Balaban J connectivity index is 1.73. The number of allylic oxidation sites excluding steroid dienone is 2. The van der Waals surface area contributed by atoms with Crippen LogP contribution in [0.5, 0.6) is 0 Å². The van der Waals surface area contributed by atoms with Gasteiger partial charge in [-0.3, -0.25) is 0 Å². The Labute approximate surface area is 143 Å². The largest absolute Gasteiger partial charge is 0.375 e. The first kappa shape index (κ1) is 15.4. The maximum absolute atomic E-state index is 14.4. The molecule has 0 unspecified atom stereocenters. The van der Waals surface area contributed by atoms with Crippen molar-refractivity contribution in [1.82, 2.24) is 0 Å². The highest BCUT2D eigenvalue weighted by Gasteiger charge is 2.38. The SMILES string of the molecule is CC(C)(C)c1ccc([C@@H]2Nc3c(F)cccc3[C@@H]3C=CC[C@H]32)cc1. The van der Waals surface area contributed by atoms with Gasteiger partial charge in [0.1, 0.15) is 5.82 Å². The smallest absolute Gasteiger partial charge is 0.146 e. The molecule has 2 aliphatic rings. The van der Waals surface area contributed by atoms with Crippen molar-refractivity contribution < 1.29 is 4.39 Å². The molecule has 0 aromatic heterocycles. The lowest BCUT2D eigenvalue weighted by Crippen LogP contribution is -2.29. The molecule has 2 aromatic rings. The van der Waals surface area contributed by atoms with E-state index in [2.05, 4.69) is 68.6 Å². The molecule has 0 fully saturated rings. The summed E-state index contributed by atoms with van der Waals surface area (Å²) in [7, 11) is 0. The Hall–Kier alpha value is -2.09. The zero-order chi connectivity index (χ0) is 16.9. The molecule has 4 rings (SSSR count). The number of anilines is 1. The van der Waals surface area contributed by atoms with Gasteiger partial charge in [0.2, 0.25) is 0 Å². The third-order valence-corrected chi connectivity index (χ3v) is 5.48. The van der Waals surface area contributed by atoms with Crippen LogP contribution in [-0.2, 0) is 5.41 Å². The summed E-state index contributed by atoms with van der Waals surface area (Å²) in [5.41, 5.74) is 4.49. The van der Waals surface area contributed by atoms with Gasteiger partial charge in [0.15, 0.2) is 0 Å². The van der Waals surface area contributed by atoms with Crippen molar-refractivity contribution in [2.75, 3.05) is 5.32 Å². The van der Waals surface area contributed by atoms with Crippen molar-refractivity contribution in [2.24, 2.45) is 5.92 Å². The summed E-state index contributed by atoms with van der Waals surface area (Å²) in [6.45, 7) is 6.68. The van der Waals surface area contributed by atoms with Gasteiger partial charge in [-0.15, -0.1) is 0 Å². The summed E-state index contributed by atoms with van der Waals surface area (Å²) < 4.78 is 14.4. The van der Waals surface area contributed by atoms with Crippen LogP contribution in [-0.4, -0.2) is 0 Å².